The number of hydrogen-bond donors (Lipinski definition) is 1. The van der Waals surface area contributed by atoms with Crippen LogP contribution in [0, 0.1) is 0 Å². The fourth-order valence-electron chi connectivity index (χ4n) is 3.07. The maximum Gasteiger partial charge on any atom is 0.182 e. The zero-order valence-electron chi connectivity index (χ0n) is 17.3. The first-order valence-corrected chi connectivity index (χ1v) is 12.0. The van der Waals surface area contributed by atoms with Crippen LogP contribution in [0.25, 0.3) is 10.0 Å². The lowest BCUT2D eigenvalue weighted by Gasteiger charge is -2.05. The topological polar surface area (TPSA) is 89.4 Å². The van der Waals surface area contributed by atoms with Crippen LogP contribution < -0.4 is 0 Å². The number of carbonyl (C=O) groups is 2. The van der Waals surface area contributed by atoms with Crippen LogP contribution in [0.4, 0.5) is 0 Å². The van der Waals surface area contributed by atoms with Gasteiger partial charge in [0, 0.05) is 35.7 Å². The van der Waals surface area contributed by atoms with Crippen LogP contribution in [-0.4, -0.2) is 39.9 Å². The van der Waals surface area contributed by atoms with Gasteiger partial charge in [0.05, 0.1) is 13.2 Å². The highest BCUT2D eigenvalue weighted by molar-refractivity contribution is 7.20. The molecule has 0 saturated heterocycles. The van der Waals surface area contributed by atoms with E-state index in [2.05, 4.69) is 9.97 Å². The Morgan fingerprint density at radius 3 is 2.58 bits per heavy atom. The number of Topliss-reactive ketones (excluding diaryl/α,β-unsaturated/α-hetero) is 2. The van der Waals surface area contributed by atoms with Gasteiger partial charge in [0.1, 0.15) is 12.3 Å². The molecule has 3 rings (SSSR count). The number of ether oxygens (including phenoxy) is 1. The van der Waals surface area contributed by atoms with Crippen LogP contribution in [0.3, 0.4) is 0 Å². The van der Waals surface area contributed by atoms with Crippen molar-refractivity contribution in [1.82, 2.24) is 9.97 Å². The number of aliphatic hydroxyl groups excluding tert-OH is 1. The number of nitrogens with zero attached hydrogens (tertiary/aromatic N) is 2. The number of hydrogen-bond acceptors (Lipinski definition) is 8. The Hall–Kier alpha value is -2.26. The molecule has 2 heterocycles. The van der Waals surface area contributed by atoms with E-state index in [0.717, 1.165) is 26.9 Å². The molecule has 0 amide bonds. The predicted octanol–water partition coefficient (Wildman–Crippen LogP) is 4.72. The van der Waals surface area contributed by atoms with Crippen LogP contribution in [0.1, 0.15) is 53.0 Å². The number of benzene rings is 1. The minimum Gasteiger partial charge on any atom is -0.389 e. The van der Waals surface area contributed by atoms with Crippen molar-refractivity contribution in [3.63, 3.8) is 0 Å². The standard InChI is InChI=1S/C23H26N2O4S2/c26-15-18(27)9-5-2-6-10-19(28)21-20(31-23(25-21)22-24-12-14-30-22)11-13-29-16-17-7-3-1-4-8-17/h1,3-4,7-8,12,14,26H,2,5-6,9-11,13,15-16H2. The van der Waals surface area contributed by atoms with Crippen LogP contribution >= 0.6 is 22.7 Å². The monoisotopic (exact) mass is 458 g/mol. The second kappa shape index (κ2) is 12.6. The quantitative estimate of drug-likeness (QED) is 0.278. The molecule has 164 valence electrons. The molecular weight excluding hydrogens is 432 g/mol. The first kappa shape index (κ1) is 23.4. The van der Waals surface area contributed by atoms with Crippen LogP contribution in [0.15, 0.2) is 41.9 Å². The Kier molecular flexibility index (Phi) is 9.48. The normalized spacial score (nSPS) is 11.0. The summed E-state index contributed by atoms with van der Waals surface area (Å²) in [5, 5.41) is 12.3. The van der Waals surface area contributed by atoms with E-state index in [1.54, 1.807) is 6.20 Å². The third kappa shape index (κ3) is 7.43. The van der Waals surface area contributed by atoms with E-state index < -0.39 is 6.61 Å². The Labute approximate surface area is 190 Å². The summed E-state index contributed by atoms with van der Waals surface area (Å²) in [6, 6.07) is 9.99. The first-order chi connectivity index (χ1) is 15.2. The highest BCUT2D eigenvalue weighted by Crippen LogP contribution is 2.31. The minimum absolute atomic E-state index is 0.0191. The van der Waals surface area contributed by atoms with Crippen molar-refractivity contribution >= 4 is 34.2 Å². The molecule has 1 aromatic carbocycles. The van der Waals surface area contributed by atoms with E-state index in [0.29, 0.717) is 51.0 Å². The summed E-state index contributed by atoms with van der Waals surface area (Å²) in [6.07, 6.45) is 5.28. The predicted molar refractivity (Wildman–Crippen MR) is 123 cm³/mol. The lowest BCUT2D eigenvalue weighted by molar-refractivity contribution is -0.121. The number of unbranched alkanes of at least 4 members (excludes halogenated alkanes) is 2. The summed E-state index contributed by atoms with van der Waals surface area (Å²) in [7, 11) is 0. The van der Waals surface area contributed by atoms with E-state index in [9.17, 15) is 9.59 Å². The van der Waals surface area contributed by atoms with Gasteiger partial charge in [-0.05, 0) is 18.4 Å². The maximum absolute atomic E-state index is 12.8. The molecular formula is C23H26N2O4S2. The van der Waals surface area contributed by atoms with E-state index in [1.807, 2.05) is 35.7 Å². The number of rotatable bonds is 14. The van der Waals surface area contributed by atoms with Crippen molar-refractivity contribution in [2.75, 3.05) is 13.2 Å². The van der Waals surface area contributed by atoms with Gasteiger partial charge in [0.25, 0.3) is 0 Å². The number of aromatic nitrogens is 2. The summed E-state index contributed by atoms with van der Waals surface area (Å²) in [5.41, 5.74) is 1.64. The lowest BCUT2D eigenvalue weighted by atomic mass is 10.1. The fourth-order valence-corrected chi connectivity index (χ4v) is 4.81. The average molecular weight is 459 g/mol. The largest absolute Gasteiger partial charge is 0.389 e. The van der Waals surface area contributed by atoms with Crippen molar-refractivity contribution in [3.05, 3.63) is 58.0 Å². The Morgan fingerprint density at radius 2 is 1.84 bits per heavy atom. The van der Waals surface area contributed by atoms with Crippen molar-refractivity contribution in [1.29, 1.82) is 0 Å². The van der Waals surface area contributed by atoms with E-state index in [-0.39, 0.29) is 11.6 Å². The van der Waals surface area contributed by atoms with Crippen LogP contribution in [-0.2, 0) is 22.6 Å². The number of carbonyl (C=O) groups excluding carboxylic acids is 2. The molecule has 31 heavy (non-hydrogen) atoms. The number of thiazole rings is 2. The molecule has 0 radical (unpaired) electrons. The second-order valence-electron chi connectivity index (χ2n) is 7.10. The zero-order chi connectivity index (χ0) is 21.9. The Morgan fingerprint density at radius 1 is 1.03 bits per heavy atom. The van der Waals surface area contributed by atoms with Gasteiger partial charge in [-0.3, -0.25) is 9.59 Å². The van der Waals surface area contributed by atoms with Gasteiger partial charge in [0.15, 0.2) is 21.6 Å². The molecule has 0 aliphatic carbocycles. The molecule has 0 atom stereocenters. The average Bonchev–Trinajstić information content (AvgIpc) is 3.47. The van der Waals surface area contributed by atoms with Crippen LogP contribution in [0.2, 0.25) is 0 Å². The summed E-state index contributed by atoms with van der Waals surface area (Å²) in [5.74, 6) is -0.137. The number of ketones is 2. The first-order valence-electron chi connectivity index (χ1n) is 10.3. The fraction of sp³-hybridized carbons (Fsp3) is 0.391. The molecule has 8 heteroatoms. The van der Waals surface area contributed by atoms with Crippen molar-refractivity contribution in [2.45, 2.75) is 45.1 Å². The van der Waals surface area contributed by atoms with Gasteiger partial charge in [0.2, 0.25) is 0 Å². The van der Waals surface area contributed by atoms with E-state index in [4.69, 9.17) is 9.84 Å². The molecule has 0 bridgehead atoms. The molecule has 1 N–H and O–H groups in total. The van der Waals surface area contributed by atoms with Gasteiger partial charge in [-0.1, -0.05) is 36.8 Å². The van der Waals surface area contributed by atoms with Gasteiger partial charge < -0.3 is 9.84 Å². The number of aliphatic hydroxyl groups is 1. The van der Waals surface area contributed by atoms with Crippen LogP contribution in [0.5, 0.6) is 0 Å². The van der Waals surface area contributed by atoms with Crippen molar-refractivity contribution in [2.24, 2.45) is 0 Å². The molecule has 0 spiro atoms. The summed E-state index contributed by atoms with van der Waals surface area (Å²) in [4.78, 5) is 33.9. The van der Waals surface area contributed by atoms with E-state index in [1.165, 1.54) is 22.7 Å². The molecule has 0 saturated carbocycles. The molecule has 0 fully saturated rings. The maximum atomic E-state index is 12.8. The second-order valence-corrected chi connectivity index (χ2v) is 9.08. The van der Waals surface area contributed by atoms with Gasteiger partial charge in [-0.25, -0.2) is 9.97 Å². The third-order valence-corrected chi connectivity index (χ3v) is 6.73. The van der Waals surface area contributed by atoms with E-state index >= 15 is 0 Å². The molecule has 0 unspecified atom stereocenters. The molecule has 0 aliphatic heterocycles. The summed E-state index contributed by atoms with van der Waals surface area (Å²) in [6.45, 7) is 0.639. The Bertz CT molecular complexity index is 955. The summed E-state index contributed by atoms with van der Waals surface area (Å²) >= 11 is 3.01. The smallest absolute Gasteiger partial charge is 0.182 e. The highest BCUT2D eigenvalue weighted by Gasteiger charge is 2.19. The molecule has 3 aromatic rings. The zero-order valence-corrected chi connectivity index (χ0v) is 18.9. The van der Waals surface area contributed by atoms with Gasteiger partial charge >= 0.3 is 0 Å². The van der Waals surface area contributed by atoms with Gasteiger partial charge in [-0.15, -0.1) is 22.7 Å². The van der Waals surface area contributed by atoms with Gasteiger partial charge in [-0.2, -0.15) is 0 Å². The Balaban J connectivity index is 1.56. The lowest BCUT2D eigenvalue weighted by Crippen LogP contribution is -2.06. The third-order valence-electron chi connectivity index (χ3n) is 4.70. The van der Waals surface area contributed by atoms with Crippen molar-refractivity contribution in [3.8, 4) is 10.0 Å². The SMILES string of the molecule is O=C(CO)CCCCCC(=O)c1nc(-c2nccs2)sc1CCOCc1ccccc1. The summed E-state index contributed by atoms with van der Waals surface area (Å²) < 4.78 is 5.81. The molecule has 6 nitrogen and oxygen atoms in total. The highest BCUT2D eigenvalue weighted by atomic mass is 32.1. The van der Waals surface area contributed by atoms with Crippen molar-refractivity contribution < 1.29 is 19.4 Å². The molecule has 2 aromatic heterocycles. The minimum atomic E-state index is -0.410. The molecule has 0 aliphatic rings.